The predicted octanol–water partition coefficient (Wildman–Crippen LogP) is 3.07. The van der Waals surface area contributed by atoms with Crippen LogP contribution in [0.25, 0.3) is 11.6 Å². The van der Waals surface area contributed by atoms with Crippen LogP contribution in [0.2, 0.25) is 0 Å². The van der Waals surface area contributed by atoms with Crippen molar-refractivity contribution in [2.24, 2.45) is 0 Å². The van der Waals surface area contributed by atoms with Gasteiger partial charge in [-0.3, -0.25) is 9.36 Å². The molecule has 3 heterocycles. The van der Waals surface area contributed by atoms with Crippen LogP contribution in [0, 0.1) is 0 Å². The Bertz CT molecular complexity index is 1320. The molecule has 1 aromatic carbocycles. The average Bonchev–Trinajstić information content (AvgIpc) is 3.60. The molecule has 12 nitrogen and oxygen atoms in total. The van der Waals surface area contributed by atoms with Crippen molar-refractivity contribution in [1.29, 1.82) is 0 Å². The van der Waals surface area contributed by atoms with Crippen LogP contribution in [0.1, 0.15) is 25.5 Å². The maximum absolute atomic E-state index is 12.9. The van der Waals surface area contributed by atoms with Gasteiger partial charge in [-0.25, -0.2) is 9.59 Å². The number of amides is 2. The number of nitrogens with zero attached hydrogens (tertiary/aromatic N) is 3. The second-order valence-corrected chi connectivity index (χ2v) is 8.84. The number of hydrogen-bond donors (Lipinski definition) is 2. The maximum Gasteiger partial charge on any atom is 0.338 e. The zero-order valence-corrected chi connectivity index (χ0v) is 21.9. The van der Waals surface area contributed by atoms with Crippen molar-refractivity contribution in [1.82, 2.24) is 25.4 Å². The number of methoxy groups -OCH3 is 1. The van der Waals surface area contributed by atoms with Crippen LogP contribution in [-0.2, 0) is 25.6 Å². The number of ether oxygens (including phenoxy) is 3. The largest absolute Gasteiger partial charge is 0.497 e. The summed E-state index contributed by atoms with van der Waals surface area (Å²) in [6, 6.07) is 9.09. The van der Waals surface area contributed by atoms with Crippen molar-refractivity contribution < 1.29 is 33.0 Å². The zero-order chi connectivity index (χ0) is 27.1. The summed E-state index contributed by atoms with van der Waals surface area (Å²) in [7, 11) is 1.54. The SMILES string of the molecule is CCOC(=O)C1=C(COC(=O)CSc2nnc(-c3ccco3)n2CC)NC(=O)N[C@@H]1c1ccc(OC)cc1. The first-order valence-corrected chi connectivity index (χ1v) is 12.8. The third-order valence-electron chi connectivity index (χ3n) is 5.57. The van der Waals surface area contributed by atoms with Crippen LogP contribution in [-0.4, -0.2) is 58.8 Å². The average molecular weight is 542 g/mol. The van der Waals surface area contributed by atoms with E-state index in [0.29, 0.717) is 34.6 Å². The molecule has 2 aromatic heterocycles. The normalized spacial score (nSPS) is 15.0. The summed E-state index contributed by atoms with van der Waals surface area (Å²) < 4.78 is 23.1. The summed E-state index contributed by atoms with van der Waals surface area (Å²) in [5, 5.41) is 14.1. The maximum atomic E-state index is 12.9. The van der Waals surface area contributed by atoms with Crippen LogP contribution in [0.15, 0.2) is 63.5 Å². The minimum atomic E-state index is -0.806. The van der Waals surface area contributed by atoms with Gasteiger partial charge in [0.2, 0.25) is 0 Å². The van der Waals surface area contributed by atoms with Crippen molar-refractivity contribution in [3.8, 4) is 17.3 Å². The lowest BCUT2D eigenvalue weighted by Gasteiger charge is -2.29. The number of esters is 2. The van der Waals surface area contributed by atoms with Gasteiger partial charge < -0.3 is 29.3 Å². The number of aromatic nitrogens is 3. The quantitative estimate of drug-likeness (QED) is 0.274. The highest BCUT2D eigenvalue weighted by molar-refractivity contribution is 7.99. The Morgan fingerprint density at radius 2 is 1.92 bits per heavy atom. The number of thioether (sulfide) groups is 1. The number of carbonyl (C=O) groups excluding carboxylic acids is 3. The van der Waals surface area contributed by atoms with E-state index < -0.39 is 24.0 Å². The van der Waals surface area contributed by atoms with Crippen LogP contribution in [0.4, 0.5) is 4.79 Å². The lowest BCUT2D eigenvalue weighted by molar-refractivity contribution is -0.141. The fourth-order valence-corrected chi connectivity index (χ4v) is 4.61. The summed E-state index contributed by atoms with van der Waals surface area (Å²) in [5.74, 6) is 0.483. The highest BCUT2D eigenvalue weighted by Gasteiger charge is 2.34. The van der Waals surface area contributed by atoms with E-state index in [1.165, 1.54) is 0 Å². The standard InChI is InChI=1S/C25H27N5O7S/c1-4-30-22(18-7-6-12-36-18)28-29-25(30)38-14-19(31)37-13-17-20(23(32)35-5-2)21(27-24(33)26-17)15-8-10-16(34-3)11-9-15/h6-12,21H,4-5,13-14H2,1-3H3,(H2,26,27,33)/t21-/m1/s1. The van der Waals surface area contributed by atoms with Crippen LogP contribution >= 0.6 is 11.8 Å². The molecule has 0 fully saturated rings. The number of furan rings is 1. The summed E-state index contributed by atoms with van der Waals surface area (Å²) in [6.45, 7) is 3.99. The van der Waals surface area contributed by atoms with Crippen molar-refractivity contribution in [2.75, 3.05) is 26.1 Å². The fraction of sp³-hybridized carbons (Fsp3) is 0.320. The van der Waals surface area contributed by atoms with Gasteiger partial charge in [0.25, 0.3) is 0 Å². The van der Waals surface area contributed by atoms with Gasteiger partial charge in [-0.2, -0.15) is 0 Å². The molecule has 0 aliphatic carbocycles. The Labute approximate surface area is 222 Å². The first-order chi connectivity index (χ1) is 18.4. The number of nitrogens with one attached hydrogen (secondary N) is 2. The predicted molar refractivity (Wildman–Crippen MR) is 136 cm³/mol. The molecular formula is C25H27N5O7S. The molecule has 0 bridgehead atoms. The molecule has 0 spiro atoms. The van der Waals surface area contributed by atoms with Gasteiger partial charge in [0, 0.05) is 6.54 Å². The summed E-state index contributed by atoms with van der Waals surface area (Å²) in [6.07, 6.45) is 1.55. The minimum absolute atomic E-state index is 0.0631. The Morgan fingerprint density at radius 1 is 1.13 bits per heavy atom. The molecule has 1 aliphatic heterocycles. The lowest BCUT2D eigenvalue weighted by atomic mass is 9.95. The Hall–Kier alpha value is -4.26. The first kappa shape index (κ1) is 26.8. The van der Waals surface area contributed by atoms with E-state index in [-0.39, 0.29) is 30.2 Å². The molecule has 3 aromatic rings. The molecule has 4 rings (SSSR count). The zero-order valence-electron chi connectivity index (χ0n) is 21.1. The van der Waals surface area contributed by atoms with Gasteiger partial charge in [-0.1, -0.05) is 23.9 Å². The Morgan fingerprint density at radius 3 is 2.58 bits per heavy atom. The van der Waals surface area contributed by atoms with E-state index in [0.717, 1.165) is 11.8 Å². The Balaban J connectivity index is 1.48. The molecule has 0 unspecified atom stereocenters. The van der Waals surface area contributed by atoms with Gasteiger partial charge in [-0.15, -0.1) is 10.2 Å². The molecule has 1 atom stereocenters. The molecule has 0 radical (unpaired) electrons. The number of rotatable bonds is 11. The third-order valence-corrected chi connectivity index (χ3v) is 6.51. The number of urea groups is 1. The second-order valence-electron chi connectivity index (χ2n) is 7.89. The number of hydrogen-bond acceptors (Lipinski definition) is 10. The van der Waals surface area contributed by atoms with E-state index in [1.807, 2.05) is 11.5 Å². The van der Waals surface area contributed by atoms with E-state index in [1.54, 1.807) is 56.7 Å². The van der Waals surface area contributed by atoms with E-state index in [4.69, 9.17) is 18.6 Å². The molecule has 0 saturated carbocycles. The summed E-state index contributed by atoms with van der Waals surface area (Å²) >= 11 is 1.15. The molecule has 0 saturated heterocycles. The molecule has 2 N–H and O–H groups in total. The molecule has 38 heavy (non-hydrogen) atoms. The lowest BCUT2D eigenvalue weighted by Crippen LogP contribution is -2.47. The van der Waals surface area contributed by atoms with E-state index in [9.17, 15) is 14.4 Å². The van der Waals surface area contributed by atoms with Gasteiger partial charge in [0.15, 0.2) is 16.7 Å². The van der Waals surface area contributed by atoms with E-state index in [2.05, 4.69) is 20.8 Å². The summed E-state index contributed by atoms with van der Waals surface area (Å²) in [4.78, 5) is 37.9. The fourth-order valence-electron chi connectivity index (χ4n) is 3.81. The van der Waals surface area contributed by atoms with Crippen molar-refractivity contribution >= 4 is 29.7 Å². The van der Waals surface area contributed by atoms with Crippen LogP contribution in [0.3, 0.4) is 0 Å². The van der Waals surface area contributed by atoms with Crippen molar-refractivity contribution in [3.63, 3.8) is 0 Å². The molecule has 1 aliphatic rings. The topological polar surface area (TPSA) is 147 Å². The van der Waals surface area contributed by atoms with Gasteiger partial charge in [0.1, 0.15) is 12.4 Å². The molecule has 13 heteroatoms. The third kappa shape index (κ3) is 5.99. The van der Waals surface area contributed by atoms with Crippen molar-refractivity contribution in [3.05, 3.63) is 59.5 Å². The smallest absolute Gasteiger partial charge is 0.338 e. The minimum Gasteiger partial charge on any atom is -0.497 e. The monoisotopic (exact) mass is 541 g/mol. The second kappa shape index (κ2) is 12.3. The van der Waals surface area contributed by atoms with Crippen LogP contribution < -0.4 is 15.4 Å². The van der Waals surface area contributed by atoms with Crippen molar-refractivity contribution in [2.45, 2.75) is 31.6 Å². The Kier molecular flexibility index (Phi) is 8.69. The van der Waals surface area contributed by atoms with E-state index >= 15 is 0 Å². The van der Waals surface area contributed by atoms with Crippen LogP contribution in [0.5, 0.6) is 5.75 Å². The molecular weight excluding hydrogens is 514 g/mol. The van der Waals surface area contributed by atoms with Gasteiger partial charge >= 0.3 is 18.0 Å². The van der Waals surface area contributed by atoms with Gasteiger partial charge in [0.05, 0.1) is 43.0 Å². The highest BCUT2D eigenvalue weighted by atomic mass is 32.2. The number of benzene rings is 1. The molecule has 200 valence electrons. The molecule has 2 amide bonds. The van der Waals surface area contributed by atoms with Gasteiger partial charge in [-0.05, 0) is 43.7 Å². The summed E-state index contributed by atoms with van der Waals surface area (Å²) in [5.41, 5.74) is 0.920. The highest BCUT2D eigenvalue weighted by Crippen LogP contribution is 2.29. The number of carbonyl (C=O) groups is 3. The first-order valence-electron chi connectivity index (χ1n) is 11.8.